The molecule has 1 aromatic rings. The molecule has 0 spiro atoms. The van der Waals surface area contributed by atoms with Gasteiger partial charge in [-0.1, -0.05) is 39.8 Å². The largest absolute Gasteiger partial charge is 0.330 e. The zero-order chi connectivity index (χ0) is 13.7. The van der Waals surface area contributed by atoms with Gasteiger partial charge in [0.15, 0.2) is 0 Å². The molecule has 3 nitrogen and oxygen atoms in total. The van der Waals surface area contributed by atoms with Crippen molar-refractivity contribution in [2.45, 2.75) is 46.0 Å². The van der Waals surface area contributed by atoms with Crippen LogP contribution in [0, 0.1) is 0 Å². The second-order valence-electron chi connectivity index (χ2n) is 5.24. The molecule has 0 bridgehead atoms. The van der Waals surface area contributed by atoms with Gasteiger partial charge in [0, 0.05) is 18.7 Å². The molecule has 0 saturated heterocycles. The minimum atomic E-state index is -0.0169. The van der Waals surface area contributed by atoms with E-state index in [2.05, 4.69) is 45.1 Å². The summed E-state index contributed by atoms with van der Waals surface area (Å²) in [6.07, 6.45) is 0.365. The minimum Gasteiger partial charge on any atom is -0.330 e. The molecule has 0 atom stereocenters. The van der Waals surface area contributed by atoms with E-state index in [1.807, 2.05) is 6.07 Å². The number of carbonyl (C=O) groups excluding carboxylic acids is 1. The number of hydrogen-bond donors (Lipinski definition) is 2. The van der Waals surface area contributed by atoms with Crippen LogP contribution < -0.4 is 11.1 Å². The van der Waals surface area contributed by atoms with Gasteiger partial charge in [-0.15, -0.1) is 0 Å². The van der Waals surface area contributed by atoms with Gasteiger partial charge in [-0.2, -0.15) is 0 Å². The maximum absolute atomic E-state index is 11.6. The Kier molecular flexibility index (Phi) is 5.35. The fourth-order valence-electron chi connectivity index (χ4n) is 1.88. The molecule has 1 amide bonds. The molecule has 0 saturated carbocycles. The number of benzene rings is 1. The van der Waals surface area contributed by atoms with Crippen molar-refractivity contribution in [3.63, 3.8) is 0 Å². The molecule has 100 valence electrons. The molecule has 3 N–H and O–H groups in total. The van der Waals surface area contributed by atoms with Gasteiger partial charge in [0.1, 0.15) is 0 Å². The molecule has 0 aromatic heterocycles. The SMILES string of the molecule is CC(C)c1ccc(NC(=O)CCN)c(C(C)C)c1. The lowest BCUT2D eigenvalue weighted by Crippen LogP contribution is -2.17. The van der Waals surface area contributed by atoms with Crippen LogP contribution in [0.5, 0.6) is 0 Å². The van der Waals surface area contributed by atoms with Gasteiger partial charge in [-0.3, -0.25) is 4.79 Å². The summed E-state index contributed by atoms with van der Waals surface area (Å²) in [6, 6.07) is 6.26. The first-order chi connectivity index (χ1) is 8.45. The lowest BCUT2D eigenvalue weighted by atomic mass is 9.94. The topological polar surface area (TPSA) is 55.1 Å². The van der Waals surface area contributed by atoms with Crippen LogP contribution in [0.15, 0.2) is 18.2 Å². The Morgan fingerprint density at radius 2 is 1.89 bits per heavy atom. The fraction of sp³-hybridized carbons (Fsp3) is 0.533. The average molecular weight is 248 g/mol. The number of rotatable bonds is 5. The number of hydrogen-bond acceptors (Lipinski definition) is 2. The third-order valence-corrected chi connectivity index (χ3v) is 3.01. The normalized spacial score (nSPS) is 11.1. The Morgan fingerprint density at radius 3 is 2.39 bits per heavy atom. The van der Waals surface area contributed by atoms with E-state index in [1.165, 1.54) is 11.1 Å². The van der Waals surface area contributed by atoms with Crippen LogP contribution in [-0.2, 0) is 4.79 Å². The molecule has 0 aliphatic heterocycles. The van der Waals surface area contributed by atoms with Gasteiger partial charge in [-0.25, -0.2) is 0 Å². The smallest absolute Gasteiger partial charge is 0.225 e. The van der Waals surface area contributed by atoms with E-state index in [4.69, 9.17) is 5.73 Å². The van der Waals surface area contributed by atoms with Crippen molar-refractivity contribution in [2.24, 2.45) is 5.73 Å². The van der Waals surface area contributed by atoms with Crippen molar-refractivity contribution < 1.29 is 4.79 Å². The van der Waals surface area contributed by atoms with Crippen LogP contribution in [0.2, 0.25) is 0 Å². The quantitative estimate of drug-likeness (QED) is 0.840. The molecule has 1 aromatic carbocycles. The number of carbonyl (C=O) groups is 1. The maximum atomic E-state index is 11.6. The summed E-state index contributed by atoms with van der Waals surface area (Å²) < 4.78 is 0. The van der Waals surface area contributed by atoms with E-state index in [0.29, 0.717) is 24.8 Å². The third-order valence-electron chi connectivity index (χ3n) is 3.01. The average Bonchev–Trinajstić information content (AvgIpc) is 2.29. The molecule has 0 aliphatic rings. The number of anilines is 1. The predicted molar refractivity (Wildman–Crippen MR) is 76.9 cm³/mol. The summed E-state index contributed by atoms with van der Waals surface area (Å²) in [5, 5.41) is 2.94. The molecule has 0 fully saturated rings. The standard InChI is InChI=1S/C15H24N2O/c1-10(2)12-5-6-14(13(9-12)11(3)4)17-15(18)7-8-16/h5-6,9-11H,7-8,16H2,1-4H3,(H,17,18). The second-order valence-corrected chi connectivity index (χ2v) is 5.24. The molecular formula is C15H24N2O. The van der Waals surface area contributed by atoms with Gasteiger partial charge in [0.05, 0.1) is 0 Å². The summed E-state index contributed by atoms with van der Waals surface area (Å²) in [4.78, 5) is 11.6. The molecule has 18 heavy (non-hydrogen) atoms. The Labute approximate surface area is 110 Å². The van der Waals surface area contributed by atoms with Gasteiger partial charge < -0.3 is 11.1 Å². The molecule has 0 aliphatic carbocycles. The van der Waals surface area contributed by atoms with E-state index in [1.54, 1.807) is 0 Å². The first kappa shape index (κ1) is 14.7. The molecule has 3 heteroatoms. The number of amides is 1. The van der Waals surface area contributed by atoms with E-state index in [0.717, 1.165) is 5.69 Å². The van der Waals surface area contributed by atoms with Gasteiger partial charge in [-0.05, 0) is 29.0 Å². The number of nitrogens with one attached hydrogen (secondary N) is 1. The zero-order valence-electron chi connectivity index (χ0n) is 11.8. The summed E-state index contributed by atoms with van der Waals surface area (Å²) in [7, 11) is 0. The zero-order valence-corrected chi connectivity index (χ0v) is 11.8. The molecule has 0 unspecified atom stereocenters. The highest BCUT2D eigenvalue weighted by Gasteiger charge is 2.11. The van der Waals surface area contributed by atoms with Crippen molar-refractivity contribution in [1.82, 2.24) is 0 Å². The van der Waals surface area contributed by atoms with E-state index < -0.39 is 0 Å². The maximum Gasteiger partial charge on any atom is 0.225 e. The molecular weight excluding hydrogens is 224 g/mol. The summed E-state index contributed by atoms with van der Waals surface area (Å²) >= 11 is 0. The van der Waals surface area contributed by atoms with Crippen molar-refractivity contribution in [3.8, 4) is 0 Å². The predicted octanol–water partition coefficient (Wildman–Crippen LogP) is 3.22. The Balaban J connectivity index is 3.00. The Hall–Kier alpha value is -1.35. The first-order valence-corrected chi connectivity index (χ1v) is 6.59. The second kappa shape index (κ2) is 6.55. The summed E-state index contributed by atoms with van der Waals surface area (Å²) in [5.74, 6) is 0.866. The molecule has 0 heterocycles. The number of nitrogens with two attached hydrogens (primary N) is 1. The van der Waals surface area contributed by atoms with E-state index in [9.17, 15) is 4.79 Å². The lowest BCUT2D eigenvalue weighted by Gasteiger charge is -2.17. The molecule has 1 rings (SSSR count). The van der Waals surface area contributed by atoms with Crippen molar-refractivity contribution in [2.75, 3.05) is 11.9 Å². The van der Waals surface area contributed by atoms with Crippen molar-refractivity contribution in [1.29, 1.82) is 0 Å². The highest BCUT2D eigenvalue weighted by Crippen LogP contribution is 2.28. The Bertz CT molecular complexity index is 411. The lowest BCUT2D eigenvalue weighted by molar-refractivity contribution is -0.116. The minimum absolute atomic E-state index is 0.0169. The van der Waals surface area contributed by atoms with Crippen molar-refractivity contribution in [3.05, 3.63) is 29.3 Å². The highest BCUT2D eigenvalue weighted by molar-refractivity contribution is 5.91. The van der Waals surface area contributed by atoms with Crippen LogP contribution in [0.4, 0.5) is 5.69 Å². The highest BCUT2D eigenvalue weighted by atomic mass is 16.1. The van der Waals surface area contributed by atoms with Gasteiger partial charge in [0.2, 0.25) is 5.91 Å². The monoisotopic (exact) mass is 248 g/mol. The van der Waals surface area contributed by atoms with Gasteiger partial charge >= 0.3 is 0 Å². The summed E-state index contributed by atoms with van der Waals surface area (Å²) in [5.41, 5.74) is 8.78. The van der Waals surface area contributed by atoms with Crippen LogP contribution >= 0.6 is 0 Å². The van der Waals surface area contributed by atoms with Crippen LogP contribution in [0.3, 0.4) is 0 Å². The first-order valence-electron chi connectivity index (χ1n) is 6.59. The van der Waals surface area contributed by atoms with Crippen molar-refractivity contribution >= 4 is 11.6 Å². The van der Waals surface area contributed by atoms with Gasteiger partial charge in [0.25, 0.3) is 0 Å². The fourth-order valence-corrected chi connectivity index (χ4v) is 1.88. The van der Waals surface area contributed by atoms with E-state index in [-0.39, 0.29) is 5.91 Å². The summed E-state index contributed by atoms with van der Waals surface area (Å²) in [6.45, 7) is 9.00. The van der Waals surface area contributed by atoms with Crippen LogP contribution in [0.1, 0.15) is 57.1 Å². The molecule has 0 radical (unpaired) electrons. The third kappa shape index (κ3) is 3.84. The van der Waals surface area contributed by atoms with E-state index >= 15 is 0 Å². The van der Waals surface area contributed by atoms with Crippen LogP contribution in [0.25, 0.3) is 0 Å². The van der Waals surface area contributed by atoms with Crippen LogP contribution in [-0.4, -0.2) is 12.5 Å². The Morgan fingerprint density at radius 1 is 1.22 bits per heavy atom.